The van der Waals surface area contributed by atoms with Crippen LogP contribution in [0.2, 0.25) is 5.04 Å². The average Bonchev–Trinajstić information content (AvgIpc) is 2.81. The van der Waals surface area contributed by atoms with E-state index in [4.69, 9.17) is 4.43 Å². The van der Waals surface area contributed by atoms with E-state index in [0.717, 1.165) is 16.6 Å². The van der Waals surface area contributed by atoms with Gasteiger partial charge in [0.15, 0.2) is 9.76 Å². The predicted octanol–water partition coefficient (Wildman–Crippen LogP) is 5.26. The molecule has 1 heterocycles. The first kappa shape index (κ1) is 17.7. The third kappa shape index (κ3) is 3.63. The first-order valence-corrected chi connectivity index (χ1v) is 9.73. The Labute approximate surface area is 142 Å². The van der Waals surface area contributed by atoms with Crippen LogP contribution in [-0.2, 0) is 10.0 Å². The highest BCUT2D eigenvalue weighted by molar-refractivity contribution is 9.10. The van der Waals surface area contributed by atoms with Gasteiger partial charge in [-0.3, -0.25) is 0 Å². The maximum Gasteiger partial charge on any atom is 0.168 e. The highest BCUT2D eigenvalue weighted by Crippen LogP contribution is 2.36. The van der Waals surface area contributed by atoms with E-state index in [1.54, 1.807) is 6.07 Å². The number of nitrogens with one attached hydrogen (secondary N) is 1. The molecule has 2 rings (SSSR count). The number of H-pyrrole nitrogens is 1. The summed E-state index contributed by atoms with van der Waals surface area (Å²) in [4.78, 5) is 3.31. The zero-order chi connectivity index (χ0) is 16.7. The smallest absolute Gasteiger partial charge is 0.168 e. The van der Waals surface area contributed by atoms with Gasteiger partial charge in [-0.15, -0.1) is 0 Å². The molecule has 122 valence electrons. The largest absolute Gasteiger partial charge is 0.413 e. The van der Waals surface area contributed by atoms with Crippen molar-refractivity contribution in [1.29, 1.82) is 0 Å². The fourth-order valence-corrected chi connectivity index (χ4v) is 3.64. The second-order valence-electron chi connectivity index (χ2n) is 7.48. The van der Waals surface area contributed by atoms with Crippen LogP contribution >= 0.6 is 15.9 Å². The SMILES string of the molecule is CC(C)C(C)(C)[SiH2]OC(C)(C)c1cc2cc(Br)c(F)cc2[nH]1. The fourth-order valence-electron chi connectivity index (χ4n) is 2.06. The number of halogens is 2. The molecule has 0 aliphatic rings. The van der Waals surface area contributed by atoms with Crippen molar-refractivity contribution in [2.75, 3.05) is 0 Å². The summed E-state index contributed by atoms with van der Waals surface area (Å²) in [5, 5.41) is 1.24. The minimum Gasteiger partial charge on any atom is -0.413 e. The molecule has 1 N–H and O–H groups in total. The van der Waals surface area contributed by atoms with Gasteiger partial charge < -0.3 is 9.41 Å². The van der Waals surface area contributed by atoms with Crippen LogP contribution in [-0.4, -0.2) is 14.7 Å². The summed E-state index contributed by atoms with van der Waals surface area (Å²) in [5.74, 6) is 0.345. The fraction of sp³-hybridized carbons (Fsp3) is 0.529. The van der Waals surface area contributed by atoms with E-state index in [1.807, 2.05) is 0 Å². The van der Waals surface area contributed by atoms with Crippen molar-refractivity contribution < 1.29 is 8.82 Å². The van der Waals surface area contributed by atoms with Gasteiger partial charge in [0.1, 0.15) is 5.82 Å². The molecular formula is C17H25BrFNOSi. The van der Waals surface area contributed by atoms with Crippen LogP contribution in [0.25, 0.3) is 10.9 Å². The summed E-state index contributed by atoms with van der Waals surface area (Å²) in [6.07, 6.45) is 0. The Morgan fingerprint density at radius 2 is 1.82 bits per heavy atom. The van der Waals surface area contributed by atoms with Crippen molar-refractivity contribution in [3.63, 3.8) is 0 Å². The summed E-state index contributed by atoms with van der Waals surface area (Å²) in [5.41, 5.74) is 1.41. The van der Waals surface area contributed by atoms with Crippen molar-refractivity contribution in [1.82, 2.24) is 4.98 Å². The molecular weight excluding hydrogens is 361 g/mol. The lowest BCUT2D eigenvalue weighted by Gasteiger charge is -2.33. The van der Waals surface area contributed by atoms with Crippen LogP contribution in [0.3, 0.4) is 0 Å². The zero-order valence-corrected chi connectivity index (χ0v) is 17.2. The molecule has 0 unspecified atom stereocenters. The first-order chi connectivity index (χ1) is 10.0. The molecule has 22 heavy (non-hydrogen) atoms. The first-order valence-electron chi connectivity index (χ1n) is 7.65. The van der Waals surface area contributed by atoms with E-state index < -0.39 is 9.76 Å². The Kier molecular flexibility index (Phi) is 4.90. The summed E-state index contributed by atoms with van der Waals surface area (Å²) in [6.45, 7) is 13.2. The number of aromatic nitrogens is 1. The van der Waals surface area contributed by atoms with Crippen LogP contribution in [0.15, 0.2) is 22.7 Å². The molecule has 0 bridgehead atoms. The van der Waals surface area contributed by atoms with E-state index in [0.29, 0.717) is 10.4 Å². The summed E-state index contributed by atoms with van der Waals surface area (Å²) >= 11 is 3.24. The maximum atomic E-state index is 13.7. The molecule has 0 saturated carbocycles. The van der Waals surface area contributed by atoms with E-state index in [9.17, 15) is 4.39 Å². The topological polar surface area (TPSA) is 25.0 Å². The molecule has 0 atom stereocenters. The van der Waals surface area contributed by atoms with Crippen LogP contribution in [0, 0.1) is 11.7 Å². The van der Waals surface area contributed by atoms with Crippen LogP contribution < -0.4 is 0 Å². The molecule has 0 saturated heterocycles. The number of benzene rings is 1. The number of rotatable bonds is 5. The molecule has 0 aliphatic heterocycles. The second kappa shape index (κ2) is 6.10. The Morgan fingerprint density at radius 3 is 2.41 bits per heavy atom. The minimum absolute atomic E-state index is 0.248. The van der Waals surface area contributed by atoms with Gasteiger partial charge >= 0.3 is 0 Å². The average molecular weight is 386 g/mol. The Balaban J connectivity index is 2.26. The molecule has 1 aromatic carbocycles. The molecule has 0 fully saturated rings. The Morgan fingerprint density at radius 1 is 1.18 bits per heavy atom. The molecule has 2 aromatic rings. The summed E-state index contributed by atoms with van der Waals surface area (Å²) < 4.78 is 20.5. The highest BCUT2D eigenvalue weighted by atomic mass is 79.9. The standard InChI is InChI=1S/C17H25BrFNOSi/c1-10(2)17(5,6)22-21-16(3,4)15-8-11-7-12(18)13(19)9-14(11)20-15/h7-10,20H,22H2,1-6H3. The molecule has 0 radical (unpaired) electrons. The second-order valence-corrected chi connectivity index (χ2v) is 10.7. The van der Waals surface area contributed by atoms with E-state index in [1.165, 1.54) is 6.07 Å². The number of hydrogen-bond donors (Lipinski definition) is 1. The zero-order valence-electron chi connectivity index (χ0n) is 14.2. The van der Waals surface area contributed by atoms with Crippen molar-refractivity contribution in [3.05, 3.63) is 34.2 Å². The number of aromatic amines is 1. The lowest BCUT2D eigenvalue weighted by Crippen LogP contribution is -2.31. The van der Waals surface area contributed by atoms with Gasteiger partial charge in [0, 0.05) is 16.6 Å². The van der Waals surface area contributed by atoms with Gasteiger partial charge in [-0.1, -0.05) is 27.7 Å². The molecule has 2 nitrogen and oxygen atoms in total. The molecule has 5 heteroatoms. The Bertz CT molecular complexity index is 640. The van der Waals surface area contributed by atoms with E-state index in [2.05, 4.69) is 68.5 Å². The predicted molar refractivity (Wildman–Crippen MR) is 97.5 cm³/mol. The number of fused-ring (bicyclic) bond motifs is 1. The van der Waals surface area contributed by atoms with Crippen molar-refractivity contribution in [2.45, 2.75) is 52.2 Å². The quantitative estimate of drug-likeness (QED) is 0.697. The highest BCUT2D eigenvalue weighted by Gasteiger charge is 2.30. The van der Waals surface area contributed by atoms with Crippen molar-refractivity contribution in [2.24, 2.45) is 5.92 Å². The van der Waals surface area contributed by atoms with Crippen molar-refractivity contribution >= 4 is 36.6 Å². The number of hydrogen-bond acceptors (Lipinski definition) is 1. The third-order valence-corrected chi connectivity index (χ3v) is 7.71. The van der Waals surface area contributed by atoms with Gasteiger partial charge in [0.2, 0.25) is 0 Å². The normalized spacial score (nSPS) is 13.9. The van der Waals surface area contributed by atoms with Crippen LogP contribution in [0.1, 0.15) is 47.2 Å². The minimum atomic E-state index is -0.711. The van der Waals surface area contributed by atoms with E-state index in [-0.39, 0.29) is 16.5 Å². The van der Waals surface area contributed by atoms with Crippen molar-refractivity contribution in [3.8, 4) is 0 Å². The lowest BCUT2D eigenvalue weighted by atomic mass is 9.99. The lowest BCUT2D eigenvalue weighted by molar-refractivity contribution is 0.102. The van der Waals surface area contributed by atoms with Crippen LogP contribution in [0.4, 0.5) is 4.39 Å². The van der Waals surface area contributed by atoms with Gasteiger partial charge in [0.25, 0.3) is 0 Å². The molecule has 1 aromatic heterocycles. The van der Waals surface area contributed by atoms with Crippen LogP contribution in [0.5, 0.6) is 0 Å². The van der Waals surface area contributed by atoms with Gasteiger partial charge in [-0.05, 0) is 58.9 Å². The Hall–Kier alpha value is -0.653. The van der Waals surface area contributed by atoms with E-state index >= 15 is 0 Å². The molecule has 0 aliphatic carbocycles. The third-order valence-electron chi connectivity index (χ3n) is 4.68. The van der Waals surface area contributed by atoms with Gasteiger partial charge in [-0.2, -0.15) is 0 Å². The van der Waals surface area contributed by atoms with Gasteiger partial charge in [0.05, 0.1) is 10.1 Å². The van der Waals surface area contributed by atoms with Gasteiger partial charge in [-0.25, -0.2) is 4.39 Å². The molecule has 0 spiro atoms. The monoisotopic (exact) mass is 385 g/mol. The molecule has 0 amide bonds. The summed E-state index contributed by atoms with van der Waals surface area (Å²) in [6, 6.07) is 5.38. The summed E-state index contributed by atoms with van der Waals surface area (Å²) in [7, 11) is -0.711. The maximum absolute atomic E-state index is 13.7.